The fourth-order valence-electron chi connectivity index (χ4n) is 1.88. The highest BCUT2D eigenvalue weighted by Gasteiger charge is 2.09. The molecule has 0 aliphatic rings. The largest absolute Gasteiger partial charge is 0.506 e. The number of nitrogens with two attached hydrogens (primary N) is 1. The topological polar surface area (TPSA) is 72.5 Å². The van der Waals surface area contributed by atoms with Crippen LogP contribution in [-0.2, 0) is 0 Å². The molecule has 0 aliphatic carbocycles. The molecule has 0 unspecified atom stereocenters. The lowest BCUT2D eigenvalue weighted by Gasteiger charge is -2.05. The fourth-order valence-corrected chi connectivity index (χ4v) is 1.88. The lowest BCUT2D eigenvalue weighted by atomic mass is 10.1. The summed E-state index contributed by atoms with van der Waals surface area (Å²) in [4.78, 5) is 11.2. The molecule has 4 nitrogen and oxygen atoms in total. The van der Waals surface area contributed by atoms with Crippen molar-refractivity contribution in [3.05, 3.63) is 59.2 Å². The maximum atomic E-state index is 11.2. The minimum absolute atomic E-state index is 0.104. The Hall–Kier alpha value is -2.75. The number of para-hydroxylation sites is 2. The number of ether oxygens (including phenoxy) is 1. The van der Waals surface area contributed by atoms with Crippen molar-refractivity contribution < 1.29 is 14.6 Å². The van der Waals surface area contributed by atoms with Gasteiger partial charge in [-0.2, -0.15) is 0 Å². The predicted molar refractivity (Wildman–Crippen MR) is 78.5 cm³/mol. The van der Waals surface area contributed by atoms with Gasteiger partial charge in [0, 0.05) is 11.1 Å². The number of phenols is 1. The highest BCUT2D eigenvalue weighted by Crippen LogP contribution is 2.26. The Morgan fingerprint density at radius 3 is 2.45 bits per heavy atom. The third-order valence-electron chi connectivity index (χ3n) is 2.91. The lowest BCUT2D eigenvalue weighted by molar-refractivity contribution is 0.0997. The molecule has 20 heavy (non-hydrogen) atoms. The number of carbonyl (C=O) groups is 1. The van der Waals surface area contributed by atoms with Crippen LogP contribution < -0.4 is 10.5 Å². The van der Waals surface area contributed by atoms with Crippen LogP contribution in [0.5, 0.6) is 11.5 Å². The molecule has 0 atom stereocenters. The van der Waals surface area contributed by atoms with Crippen LogP contribution in [0.3, 0.4) is 0 Å². The molecule has 4 heteroatoms. The van der Waals surface area contributed by atoms with Gasteiger partial charge in [-0.1, -0.05) is 42.5 Å². The van der Waals surface area contributed by atoms with E-state index in [0.717, 1.165) is 11.3 Å². The summed E-state index contributed by atoms with van der Waals surface area (Å²) < 4.78 is 5.24. The summed E-state index contributed by atoms with van der Waals surface area (Å²) in [7, 11) is 1.60. The Morgan fingerprint density at radius 2 is 1.75 bits per heavy atom. The second-order valence-corrected chi connectivity index (χ2v) is 4.18. The van der Waals surface area contributed by atoms with Crippen molar-refractivity contribution in [3.63, 3.8) is 0 Å². The SMILES string of the molecule is COc1ccccc1/C=C/c1cccc(C(N)=O)c1O. The molecule has 2 aromatic rings. The van der Waals surface area contributed by atoms with Gasteiger partial charge in [-0.15, -0.1) is 0 Å². The molecule has 3 N–H and O–H groups in total. The van der Waals surface area contributed by atoms with E-state index in [4.69, 9.17) is 10.5 Å². The Labute approximate surface area is 117 Å². The highest BCUT2D eigenvalue weighted by atomic mass is 16.5. The van der Waals surface area contributed by atoms with Crippen LogP contribution in [0, 0.1) is 0 Å². The smallest absolute Gasteiger partial charge is 0.252 e. The molecule has 0 radical (unpaired) electrons. The third kappa shape index (κ3) is 2.80. The molecule has 0 aromatic heterocycles. The van der Waals surface area contributed by atoms with E-state index in [9.17, 15) is 9.90 Å². The van der Waals surface area contributed by atoms with Crippen molar-refractivity contribution in [2.75, 3.05) is 7.11 Å². The van der Waals surface area contributed by atoms with Gasteiger partial charge in [0.05, 0.1) is 12.7 Å². The maximum Gasteiger partial charge on any atom is 0.252 e. The van der Waals surface area contributed by atoms with Crippen LogP contribution in [0.4, 0.5) is 0 Å². The Kier molecular flexibility index (Phi) is 4.05. The van der Waals surface area contributed by atoms with Gasteiger partial charge in [0.15, 0.2) is 0 Å². The molecule has 102 valence electrons. The third-order valence-corrected chi connectivity index (χ3v) is 2.91. The average molecular weight is 269 g/mol. The monoisotopic (exact) mass is 269 g/mol. The number of hydrogen-bond donors (Lipinski definition) is 2. The number of benzene rings is 2. The van der Waals surface area contributed by atoms with E-state index in [-0.39, 0.29) is 11.3 Å². The van der Waals surface area contributed by atoms with Crippen molar-refractivity contribution in [2.45, 2.75) is 0 Å². The maximum absolute atomic E-state index is 11.2. The summed E-state index contributed by atoms with van der Waals surface area (Å²) in [6.07, 6.45) is 3.51. The Balaban J connectivity index is 2.37. The van der Waals surface area contributed by atoms with Crippen LogP contribution in [0.25, 0.3) is 12.2 Å². The van der Waals surface area contributed by atoms with Gasteiger partial charge in [0.2, 0.25) is 0 Å². The summed E-state index contributed by atoms with van der Waals surface area (Å²) in [5.41, 5.74) is 6.69. The van der Waals surface area contributed by atoms with Gasteiger partial charge in [-0.25, -0.2) is 0 Å². The van der Waals surface area contributed by atoms with Gasteiger partial charge in [-0.05, 0) is 12.1 Å². The first-order valence-electron chi connectivity index (χ1n) is 6.06. The van der Waals surface area contributed by atoms with Crippen LogP contribution >= 0.6 is 0 Å². The number of methoxy groups -OCH3 is 1. The molecule has 0 saturated heterocycles. The molecule has 1 amide bonds. The molecule has 0 bridgehead atoms. The number of primary amides is 1. The molecule has 0 heterocycles. The van der Waals surface area contributed by atoms with Gasteiger partial charge in [0.1, 0.15) is 11.5 Å². The summed E-state index contributed by atoms with van der Waals surface area (Å²) in [6.45, 7) is 0. The van der Waals surface area contributed by atoms with E-state index in [1.165, 1.54) is 6.07 Å². The quantitative estimate of drug-likeness (QED) is 0.838. The zero-order chi connectivity index (χ0) is 14.5. The number of amides is 1. The van der Waals surface area contributed by atoms with Crippen LogP contribution in [0.15, 0.2) is 42.5 Å². The predicted octanol–water partition coefficient (Wildman–Crippen LogP) is 2.67. The van der Waals surface area contributed by atoms with Crippen molar-refractivity contribution in [1.29, 1.82) is 0 Å². The first kappa shape index (κ1) is 13.7. The molecule has 2 aromatic carbocycles. The van der Waals surface area contributed by atoms with Gasteiger partial charge in [0.25, 0.3) is 5.91 Å². The zero-order valence-corrected chi connectivity index (χ0v) is 11.0. The molecule has 0 spiro atoms. The number of rotatable bonds is 4. The number of carbonyl (C=O) groups excluding carboxylic acids is 1. The lowest BCUT2D eigenvalue weighted by Crippen LogP contribution is -2.11. The van der Waals surface area contributed by atoms with Crippen molar-refractivity contribution >= 4 is 18.1 Å². The normalized spacial score (nSPS) is 10.7. The first-order valence-corrected chi connectivity index (χ1v) is 6.06. The van der Waals surface area contributed by atoms with E-state index in [2.05, 4.69) is 0 Å². The van der Waals surface area contributed by atoms with Gasteiger partial charge >= 0.3 is 0 Å². The second kappa shape index (κ2) is 5.93. The van der Waals surface area contributed by atoms with E-state index in [0.29, 0.717) is 5.56 Å². The van der Waals surface area contributed by atoms with Gasteiger partial charge < -0.3 is 15.6 Å². The fraction of sp³-hybridized carbons (Fsp3) is 0.0625. The van der Waals surface area contributed by atoms with Crippen molar-refractivity contribution in [2.24, 2.45) is 5.73 Å². The van der Waals surface area contributed by atoms with E-state index < -0.39 is 5.91 Å². The standard InChI is InChI=1S/C16H15NO3/c1-20-14-8-3-2-5-11(14)9-10-12-6-4-7-13(15(12)18)16(17)19/h2-10,18H,1H3,(H2,17,19)/b10-9+. The Bertz CT molecular complexity index is 663. The van der Waals surface area contributed by atoms with E-state index >= 15 is 0 Å². The van der Waals surface area contributed by atoms with Crippen molar-refractivity contribution in [1.82, 2.24) is 0 Å². The summed E-state index contributed by atoms with van der Waals surface area (Å²) in [6, 6.07) is 12.4. The highest BCUT2D eigenvalue weighted by molar-refractivity contribution is 5.97. The average Bonchev–Trinajstić information content (AvgIpc) is 2.46. The van der Waals surface area contributed by atoms with E-state index in [1.54, 1.807) is 31.4 Å². The van der Waals surface area contributed by atoms with Crippen LogP contribution in [-0.4, -0.2) is 18.1 Å². The second-order valence-electron chi connectivity index (χ2n) is 4.18. The molecule has 2 rings (SSSR count). The van der Waals surface area contributed by atoms with Crippen molar-refractivity contribution in [3.8, 4) is 11.5 Å². The summed E-state index contributed by atoms with van der Waals surface area (Å²) >= 11 is 0. The van der Waals surface area contributed by atoms with E-state index in [1.807, 2.05) is 24.3 Å². The molecular weight excluding hydrogens is 254 g/mol. The molecule has 0 aliphatic heterocycles. The minimum Gasteiger partial charge on any atom is -0.506 e. The summed E-state index contributed by atoms with van der Waals surface area (Å²) in [5, 5.41) is 9.98. The Morgan fingerprint density at radius 1 is 1.10 bits per heavy atom. The first-order chi connectivity index (χ1) is 9.63. The minimum atomic E-state index is -0.657. The number of hydrogen-bond acceptors (Lipinski definition) is 3. The molecule has 0 saturated carbocycles. The number of aromatic hydroxyl groups is 1. The summed E-state index contributed by atoms with van der Waals surface area (Å²) in [5.74, 6) is -0.0458. The van der Waals surface area contributed by atoms with Crippen LogP contribution in [0.2, 0.25) is 0 Å². The van der Waals surface area contributed by atoms with Crippen LogP contribution in [0.1, 0.15) is 21.5 Å². The molecule has 0 fully saturated rings. The van der Waals surface area contributed by atoms with Gasteiger partial charge in [-0.3, -0.25) is 4.79 Å². The zero-order valence-electron chi connectivity index (χ0n) is 11.0. The molecular formula is C16H15NO3.